The standard InChI is InChI=1S/C17H16ClF2NOS/c1-10(16-13(19)7-5-8-14(16)20)23-11(2)17(22)21-15-9-4-3-6-12(15)18/h3-11H,1-2H3,(H,21,22). The number of thioether (sulfide) groups is 1. The van der Waals surface area contributed by atoms with E-state index in [2.05, 4.69) is 5.32 Å². The lowest BCUT2D eigenvalue weighted by molar-refractivity contribution is -0.115. The molecule has 0 aliphatic heterocycles. The quantitative estimate of drug-likeness (QED) is 0.773. The fraction of sp³-hybridized carbons (Fsp3) is 0.235. The first kappa shape index (κ1) is 17.8. The Morgan fingerprint density at radius 2 is 1.70 bits per heavy atom. The topological polar surface area (TPSA) is 29.1 Å². The van der Waals surface area contributed by atoms with Gasteiger partial charge in [0.2, 0.25) is 5.91 Å². The van der Waals surface area contributed by atoms with E-state index in [1.807, 2.05) is 0 Å². The zero-order valence-corrected chi connectivity index (χ0v) is 14.2. The molecule has 2 aromatic rings. The van der Waals surface area contributed by atoms with E-state index in [9.17, 15) is 13.6 Å². The number of anilines is 1. The second kappa shape index (κ2) is 7.79. The van der Waals surface area contributed by atoms with E-state index < -0.39 is 22.1 Å². The lowest BCUT2D eigenvalue weighted by Crippen LogP contribution is -2.23. The van der Waals surface area contributed by atoms with Crippen molar-refractivity contribution < 1.29 is 13.6 Å². The Kier molecular flexibility index (Phi) is 6.02. The van der Waals surface area contributed by atoms with Gasteiger partial charge in [0, 0.05) is 10.8 Å². The van der Waals surface area contributed by atoms with Gasteiger partial charge in [0.15, 0.2) is 0 Å². The van der Waals surface area contributed by atoms with E-state index in [1.165, 1.54) is 30.0 Å². The van der Waals surface area contributed by atoms with Crippen LogP contribution in [0.5, 0.6) is 0 Å². The summed E-state index contributed by atoms with van der Waals surface area (Å²) in [7, 11) is 0. The molecule has 0 radical (unpaired) electrons. The van der Waals surface area contributed by atoms with Crippen molar-refractivity contribution in [2.24, 2.45) is 0 Å². The van der Waals surface area contributed by atoms with Crippen LogP contribution in [0.25, 0.3) is 0 Å². The zero-order valence-electron chi connectivity index (χ0n) is 12.6. The highest BCUT2D eigenvalue weighted by molar-refractivity contribution is 8.00. The number of amides is 1. The summed E-state index contributed by atoms with van der Waals surface area (Å²) >= 11 is 7.17. The molecule has 122 valence electrons. The third-order valence-corrected chi connectivity index (χ3v) is 4.91. The lowest BCUT2D eigenvalue weighted by Gasteiger charge is -2.18. The largest absolute Gasteiger partial charge is 0.324 e. The molecule has 0 fully saturated rings. The normalized spacial score (nSPS) is 13.4. The molecule has 0 bridgehead atoms. The summed E-state index contributed by atoms with van der Waals surface area (Å²) in [6.45, 7) is 3.36. The predicted octanol–water partition coefficient (Wildman–Crippen LogP) is 5.44. The van der Waals surface area contributed by atoms with E-state index in [0.29, 0.717) is 10.7 Å². The van der Waals surface area contributed by atoms with Crippen LogP contribution in [-0.2, 0) is 4.79 Å². The molecule has 6 heteroatoms. The molecule has 2 atom stereocenters. The molecule has 0 aliphatic rings. The zero-order chi connectivity index (χ0) is 17.0. The molecule has 1 N–H and O–H groups in total. The number of para-hydroxylation sites is 1. The summed E-state index contributed by atoms with van der Waals surface area (Å²) in [4.78, 5) is 12.2. The number of nitrogens with one attached hydrogen (secondary N) is 1. The minimum Gasteiger partial charge on any atom is -0.324 e. The van der Waals surface area contributed by atoms with Gasteiger partial charge in [-0.05, 0) is 38.1 Å². The van der Waals surface area contributed by atoms with Crippen LogP contribution in [0.3, 0.4) is 0 Å². The first-order valence-corrected chi connectivity index (χ1v) is 8.37. The van der Waals surface area contributed by atoms with E-state index in [0.717, 1.165) is 0 Å². The fourth-order valence-electron chi connectivity index (χ4n) is 2.13. The smallest absolute Gasteiger partial charge is 0.237 e. The van der Waals surface area contributed by atoms with Crippen LogP contribution in [0.1, 0.15) is 24.7 Å². The van der Waals surface area contributed by atoms with Gasteiger partial charge in [0.1, 0.15) is 11.6 Å². The van der Waals surface area contributed by atoms with Gasteiger partial charge >= 0.3 is 0 Å². The summed E-state index contributed by atoms with van der Waals surface area (Å²) in [6, 6.07) is 10.6. The SMILES string of the molecule is CC(SC(C)c1c(F)cccc1F)C(=O)Nc1ccccc1Cl. The van der Waals surface area contributed by atoms with E-state index in [-0.39, 0.29) is 11.5 Å². The van der Waals surface area contributed by atoms with Crippen LogP contribution in [0, 0.1) is 11.6 Å². The summed E-state index contributed by atoms with van der Waals surface area (Å²) in [5.41, 5.74) is 0.492. The van der Waals surface area contributed by atoms with Gasteiger partial charge in [-0.1, -0.05) is 29.8 Å². The van der Waals surface area contributed by atoms with Crippen molar-refractivity contribution >= 4 is 35.0 Å². The number of carbonyl (C=O) groups excluding carboxylic acids is 1. The molecule has 0 aliphatic carbocycles. The maximum Gasteiger partial charge on any atom is 0.237 e. The third kappa shape index (κ3) is 4.45. The number of hydrogen-bond donors (Lipinski definition) is 1. The summed E-state index contributed by atoms with van der Waals surface area (Å²) in [5, 5.41) is 2.16. The highest BCUT2D eigenvalue weighted by Gasteiger charge is 2.22. The molecule has 2 aromatic carbocycles. The van der Waals surface area contributed by atoms with Crippen molar-refractivity contribution in [3.05, 3.63) is 64.7 Å². The lowest BCUT2D eigenvalue weighted by atomic mass is 10.1. The van der Waals surface area contributed by atoms with Crippen LogP contribution in [0.2, 0.25) is 5.02 Å². The molecule has 2 nitrogen and oxygen atoms in total. The second-order valence-electron chi connectivity index (χ2n) is 5.02. The van der Waals surface area contributed by atoms with E-state index in [4.69, 9.17) is 11.6 Å². The molecule has 2 rings (SSSR count). The Morgan fingerprint density at radius 3 is 2.30 bits per heavy atom. The van der Waals surface area contributed by atoms with Crippen molar-refractivity contribution in [2.75, 3.05) is 5.32 Å². The minimum absolute atomic E-state index is 0.0186. The summed E-state index contributed by atoms with van der Waals surface area (Å²) in [5.74, 6) is -1.49. The first-order valence-electron chi connectivity index (χ1n) is 7.05. The number of carbonyl (C=O) groups is 1. The number of hydrogen-bond acceptors (Lipinski definition) is 2. The highest BCUT2D eigenvalue weighted by Crippen LogP contribution is 2.35. The monoisotopic (exact) mass is 355 g/mol. The number of halogens is 3. The van der Waals surface area contributed by atoms with Gasteiger partial charge in [0.25, 0.3) is 0 Å². The van der Waals surface area contributed by atoms with Crippen LogP contribution in [-0.4, -0.2) is 11.2 Å². The van der Waals surface area contributed by atoms with Crippen LogP contribution < -0.4 is 5.32 Å². The van der Waals surface area contributed by atoms with Crippen molar-refractivity contribution in [3.63, 3.8) is 0 Å². The number of rotatable bonds is 5. The van der Waals surface area contributed by atoms with Gasteiger partial charge in [-0.15, -0.1) is 11.8 Å². The van der Waals surface area contributed by atoms with Crippen LogP contribution in [0.4, 0.5) is 14.5 Å². The summed E-state index contributed by atoms with van der Waals surface area (Å²) < 4.78 is 27.6. The highest BCUT2D eigenvalue weighted by atomic mass is 35.5. The van der Waals surface area contributed by atoms with Crippen molar-refractivity contribution in [2.45, 2.75) is 24.3 Å². The molecule has 0 saturated carbocycles. The number of benzene rings is 2. The second-order valence-corrected chi connectivity index (χ2v) is 7.12. The maximum atomic E-state index is 13.8. The molecule has 0 aromatic heterocycles. The molecule has 0 saturated heterocycles. The molecule has 23 heavy (non-hydrogen) atoms. The van der Waals surface area contributed by atoms with Gasteiger partial charge in [-0.3, -0.25) is 4.79 Å². The Morgan fingerprint density at radius 1 is 1.09 bits per heavy atom. The van der Waals surface area contributed by atoms with E-state index >= 15 is 0 Å². The first-order chi connectivity index (χ1) is 10.9. The Bertz CT molecular complexity index is 690. The van der Waals surface area contributed by atoms with Crippen molar-refractivity contribution in [1.29, 1.82) is 0 Å². The molecular weight excluding hydrogens is 340 g/mol. The van der Waals surface area contributed by atoms with Crippen molar-refractivity contribution in [1.82, 2.24) is 0 Å². The Hall–Kier alpha value is -1.59. The van der Waals surface area contributed by atoms with Gasteiger partial charge in [-0.2, -0.15) is 0 Å². The molecule has 2 unspecified atom stereocenters. The average Bonchev–Trinajstić information content (AvgIpc) is 2.49. The molecule has 0 heterocycles. The van der Waals surface area contributed by atoms with Gasteiger partial charge < -0.3 is 5.32 Å². The van der Waals surface area contributed by atoms with Gasteiger partial charge in [0.05, 0.1) is 16.0 Å². The van der Waals surface area contributed by atoms with Crippen LogP contribution in [0.15, 0.2) is 42.5 Å². The molecule has 1 amide bonds. The molecular formula is C17H16ClF2NOS. The molecule has 0 spiro atoms. The minimum atomic E-state index is -0.608. The van der Waals surface area contributed by atoms with Crippen LogP contribution >= 0.6 is 23.4 Å². The Labute approximate surface area is 143 Å². The third-order valence-electron chi connectivity index (χ3n) is 3.32. The Balaban J connectivity index is 2.05. The van der Waals surface area contributed by atoms with Crippen molar-refractivity contribution in [3.8, 4) is 0 Å². The maximum absolute atomic E-state index is 13.8. The fourth-order valence-corrected chi connectivity index (χ4v) is 3.47. The predicted molar refractivity (Wildman–Crippen MR) is 91.9 cm³/mol. The van der Waals surface area contributed by atoms with E-state index in [1.54, 1.807) is 38.1 Å². The summed E-state index contributed by atoms with van der Waals surface area (Å²) in [6.07, 6.45) is 0. The van der Waals surface area contributed by atoms with Gasteiger partial charge in [-0.25, -0.2) is 8.78 Å². The average molecular weight is 356 g/mol.